The minimum Gasteiger partial charge on any atom is -0.481 e. The molecule has 0 aliphatic rings. The normalized spacial score (nSPS) is 10.7. The summed E-state index contributed by atoms with van der Waals surface area (Å²) in [4.78, 5) is 10.7. The lowest BCUT2D eigenvalue weighted by Crippen LogP contribution is -2.00. The minimum absolute atomic E-state index is 0.110. The number of nitrogens with zero attached hydrogens (tertiary/aromatic N) is 1. The maximum absolute atomic E-state index is 10.7. The molecule has 0 unspecified atom stereocenters. The molecule has 19 heavy (non-hydrogen) atoms. The molecule has 2 aromatic rings. The average molecular weight is 258 g/mol. The van der Waals surface area contributed by atoms with Crippen LogP contribution >= 0.6 is 0 Å². The van der Waals surface area contributed by atoms with Crippen molar-refractivity contribution < 1.29 is 9.90 Å². The van der Waals surface area contributed by atoms with Crippen LogP contribution in [0.15, 0.2) is 18.3 Å². The maximum Gasteiger partial charge on any atom is 0.303 e. The van der Waals surface area contributed by atoms with Crippen molar-refractivity contribution in [2.45, 2.75) is 33.6 Å². The number of rotatable bonds is 4. The average Bonchev–Trinajstić information content (AvgIpc) is 2.73. The van der Waals surface area contributed by atoms with E-state index < -0.39 is 5.97 Å². The Morgan fingerprint density at radius 3 is 2.47 bits per heavy atom. The third kappa shape index (κ3) is 2.84. The molecule has 100 valence electrons. The molecule has 2 rings (SSSR count). The van der Waals surface area contributed by atoms with Crippen molar-refractivity contribution in [1.29, 1.82) is 0 Å². The molecule has 0 amide bonds. The second-order valence-electron chi connectivity index (χ2n) is 4.93. The number of hydrogen-bond acceptors (Lipinski definition) is 2. The molecular formula is C15H18N2O2. The summed E-state index contributed by atoms with van der Waals surface area (Å²) >= 11 is 0. The fourth-order valence-corrected chi connectivity index (χ4v) is 2.56. The summed E-state index contributed by atoms with van der Waals surface area (Å²) in [5, 5.41) is 15.8. The fourth-order valence-electron chi connectivity index (χ4n) is 2.56. The number of aliphatic carboxylic acids is 1. The first-order chi connectivity index (χ1) is 8.99. The van der Waals surface area contributed by atoms with E-state index in [4.69, 9.17) is 5.11 Å². The molecule has 0 spiro atoms. The first-order valence-electron chi connectivity index (χ1n) is 6.31. The van der Waals surface area contributed by atoms with Crippen LogP contribution in [0.4, 0.5) is 0 Å². The van der Waals surface area contributed by atoms with E-state index in [1.165, 1.54) is 16.7 Å². The van der Waals surface area contributed by atoms with Gasteiger partial charge in [0.25, 0.3) is 0 Å². The van der Waals surface area contributed by atoms with Crippen LogP contribution in [0.25, 0.3) is 11.1 Å². The minimum atomic E-state index is -0.794. The number of nitrogens with one attached hydrogen (secondary N) is 1. The van der Waals surface area contributed by atoms with Gasteiger partial charge in [-0.15, -0.1) is 0 Å². The number of hydrogen-bond donors (Lipinski definition) is 2. The highest BCUT2D eigenvalue weighted by molar-refractivity contribution is 5.73. The Hall–Kier alpha value is -2.10. The van der Waals surface area contributed by atoms with E-state index >= 15 is 0 Å². The van der Waals surface area contributed by atoms with E-state index in [9.17, 15) is 4.79 Å². The Bertz CT molecular complexity index is 591. The second kappa shape index (κ2) is 5.26. The topological polar surface area (TPSA) is 66.0 Å². The first kappa shape index (κ1) is 13.3. The Morgan fingerprint density at radius 1 is 1.26 bits per heavy atom. The van der Waals surface area contributed by atoms with E-state index in [1.54, 1.807) is 6.20 Å². The number of benzene rings is 1. The van der Waals surface area contributed by atoms with Gasteiger partial charge in [-0.3, -0.25) is 9.89 Å². The van der Waals surface area contributed by atoms with Gasteiger partial charge in [-0.2, -0.15) is 5.10 Å². The van der Waals surface area contributed by atoms with Gasteiger partial charge in [0.2, 0.25) is 0 Å². The largest absolute Gasteiger partial charge is 0.481 e. The molecule has 0 saturated heterocycles. The van der Waals surface area contributed by atoms with Gasteiger partial charge in [-0.05, 0) is 37.5 Å². The third-order valence-electron chi connectivity index (χ3n) is 3.25. The standard InChI is InChI=1S/C15H18N2O2/c1-9-6-10(2)15(11(3)7-9)12-8-16-17-13(12)4-5-14(18)19/h6-8H,4-5H2,1-3H3,(H,16,17)(H,18,19). The quantitative estimate of drug-likeness (QED) is 0.885. The summed E-state index contributed by atoms with van der Waals surface area (Å²) in [5.74, 6) is -0.794. The number of aromatic nitrogens is 2. The van der Waals surface area contributed by atoms with Crippen molar-refractivity contribution in [3.05, 3.63) is 40.7 Å². The van der Waals surface area contributed by atoms with Crippen molar-refractivity contribution in [2.75, 3.05) is 0 Å². The molecule has 0 atom stereocenters. The van der Waals surface area contributed by atoms with Crippen molar-refractivity contribution in [3.8, 4) is 11.1 Å². The molecule has 0 aliphatic heterocycles. The lowest BCUT2D eigenvalue weighted by molar-refractivity contribution is -0.136. The van der Waals surface area contributed by atoms with Crippen LogP contribution in [-0.4, -0.2) is 21.3 Å². The molecule has 1 aromatic carbocycles. The SMILES string of the molecule is Cc1cc(C)c(-c2cn[nH]c2CCC(=O)O)c(C)c1. The van der Waals surface area contributed by atoms with Crippen LogP contribution in [0.5, 0.6) is 0 Å². The molecule has 1 aromatic heterocycles. The zero-order valence-electron chi connectivity index (χ0n) is 11.4. The molecule has 2 N–H and O–H groups in total. The first-order valence-corrected chi connectivity index (χ1v) is 6.31. The smallest absolute Gasteiger partial charge is 0.303 e. The summed E-state index contributed by atoms with van der Waals surface area (Å²) in [5.41, 5.74) is 6.66. The Morgan fingerprint density at radius 2 is 1.89 bits per heavy atom. The lowest BCUT2D eigenvalue weighted by atomic mass is 9.93. The van der Waals surface area contributed by atoms with Gasteiger partial charge in [-0.1, -0.05) is 17.7 Å². The highest BCUT2D eigenvalue weighted by Gasteiger charge is 2.13. The molecule has 0 radical (unpaired) electrons. The Kier molecular flexibility index (Phi) is 3.69. The number of carbonyl (C=O) groups is 1. The van der Waals surface area contributed by atoms with E-state index in [1.807, 2.05) is 0 Å². The van der Waals surface area contributed by atoms with Crippen LogP contribution < -0.4 is 0 Å². The van der Waals surface area contributed by atoms with Crippen LogP contribution in [0.2, 0.25) is 0 Å². The second-order valence-corrected chi connectivity index (χ2v) is 4.93. The van der Waals surface area contributed by atoms with Gasteiger partial charge in [0.15, 0.2) is 0 Å². The fraction of sp³-hybridized carbons (Fsp3) is 0.333. The number of H-pyrrole nitrogens is 1. The highest BCUT2D eigenvalue weighted by Crippen LogP contribution is 2.30. The summed E-state index contributed by atoms with van der Waals surface area (Å²) in [6.45, 7) is 6.22. The molecule has 0 aliphatic carbocycles. The van der Waals surface area contributed by atoms with Crippen molar-refractivity contribution in [2.24, 2.45) is 0 Å². The number of carboxylic acids is 1. The Balaban J connectivity index is 2.43. The molecule has 0 bridgehead atoms. The van der Waals surface area contributed by atoms with E-state index in [0.717, 1.165) is 16.8 Å². The summed E-state index contributed by atoms with van der Waals surface area (Å²) in [7, 11) is 0. The predicted octanol–water partition coefficient (Wildman–Crippen LogP) is 3.02. The van der Waals surface area contributed by atoms with E-state index in [2.05, 4.69) is 43.1 Å². The van der Waals surface area contributed by atoms with Crippen molar-refractivity contribution in [1.82, 2.24) is 10.2 Å². The van der Waals surface area contributed by atoms with Gasteiger partial charge >= 0.3 is 5.97 Å². The maximum atomic E-state index is 10.7. The number of carboxylic acid groups (broad SMARTS) is 1. The number of aromatic amines is 1. The monoisotopic (exact) mass is 258 g/mol. The molecule has 4 nitrogen and oxygen atoms in total. The van der Waals surface area contributed by atoms with Gasteiger partial charge in [-0.25, -0.2) is 0 Å². The summed E-state index contributed by atoms with van der Waals surface area (Å²) < 4.78 is 0. The number of aryl methyl sites for hydroxylation is 4. The van der Waals surface area contributed by atoms with Crippen LogP contribution in [0.1, 0.15) is 28.8 Å². The highest BCUT2D eigenvalue weighted by atomic mass is 16.4. The lowest BCUT2D eigenvalue weighted by Gasteiger charge is -2.11. The summed E-state index contributed by atoms with van der Waals surface area (Å²) in [6, 6.07) is 4.27. The zero-order chi connectivity index (χ0) is 14.0. The summed E-state index contributed by atoms with van der Waals surface area (Å²) in [6.07, 6.45) is 2.36. The molecular weight excluding hydrogens is 240 g/mol. The van der Waals surface area contributed by atoms with Gasteiger partial charge in [0.1, 0.15) is 0 Å². The predicted molar refractivity (Wildman–Crippen MR) is 74.2 cm³/mol. The Labute approximate surface area is 112 Å². The van der Waals surface area contributed by atoms with Gasteiger partial charge in [0.05, 0.1) is 12.6 Å². The van der Waals surface area contributed by atoms with E-state index in [0.29, 0.717) is 6.42 Å². The van der Waals surface area contributed by atoms with Gasteiger partial charge < -0.3 is 5.11 Å². The van der Waals surface area contributed by atoms with Crippen LogP contribution in [0.3, 0.4) is 0 Å². The van der Waals surface area contributed by atoms with Gasteiger partial charge in [0, 0.05) is 17.7 Å². The van der Waals surface area contributed by atoms with Crippen molar-refractivity contribution >= 4 is 5.97 Å². The van der Waals surface area contributed by atoms with E-state index in [-0.39, 0.29) is 6.42 Å². The zero-order valence-corrected chi connectivity index (χ0v) is 11.4. The van der Waals surface area contributed by atoms with Crippen LogP contribution in [0, 0.1) is 20.8 Å². The molecule has 1 heterocycles. The molecule has 0 fully saturated rings. The van der Waals surface area contributed by atoms with Crippen molar-refractivity contribution in [3.63, 3.8) is 0 Å². The van der Waals surface area contributed by atoms with Crippen LogP contribution in [-0.2, 0) is 11.2 Å². The molecule has 4 heteroatoms. The molecule has 0 saturated carbocycles. The third-order valence-corrected chi connectivity index (χ3v) is 3.25.